The van der Waals surface area contributed by atoms with Crippen LogP contribution in [0.15, 0.2) is 30.3 Å². The molecule has 10 nitrogen and oxygen atoms in total. The van der Waals surface area contributed by atoms with Crippen LogP contribution in [0, 0.1) is 11.7 Å². The molecule has 2 rings (SSSR count). The van der Waals surface area contributed by atoms with Crippen molar-refractivity contribution >= 4 is 17.6 Å². The van der Waals surface area contributed by atoms with Gasteiger partial charge >= 0.3 is 5.97 Å². The number of aromatic carboxylic acids is 1. The Kier molecular flexibility index (Phi) is 9.33. The first kappa shape index (κ1) is 27.0. The number of carbonyl (C=O) groups excluding carboxylic acids is 1. The SMILES string of the molecule is COc1c(CNC(C(N)=O)C(CO)C(O)CO)cc(F)cc1-c1cc(C(=O)O)cc(N(C)C)c1. The number of nitrogens with zero attached hydrogens (tertiary/aromatic N) is 1. The Morgan fingerprint density at radius 2 is 1.82 bits per heavy atom. The van der Waals surface area contributed by atoms with E-state index in [9.17, 15) is 34.4 Å². The third-order valence-electron chi connectivity index (χ3n) is 5.47. The molecular formula is C23H30FN3O7. The molecule has 3 atom stereocenters. The minimum Gasteiger partial charge on any atom is -0.496 e. The van der Waals surface area contributed by atoms with Crippen LogP contribution in [0.25, 0.3) is 11.1 Å². The third kappa shape index (κ3) is 6.20. The first-order valence-electron chi connectivity index (χ1n) is 10.4. The lowest BCUT2D eigenvalue weighted by molar-refractivity contribution is -0.124. The summed E-state index contributed by atoms with van der Waals surface area (Å²) in [5.41, 5.74) is 6.97. The number of carboxylic acids is 1. The highest BCUT2D eigenvalue weighted by Crippen LogP contribution is 2.36. The van der Waals surface area contributed by atoms with E-state index >= 15 is 0 Å². The van der Waals surface area contributed by atoms with E-state index in [1.54, 1.807) is 25.1 Å². The third-order valence-corrected chi connectivity index (χ3v) is 5.47. The second kappa shape index (κ2) is 11.7. The van der Waals surface area contributed by atoms with Gasteiger partial charge in [-0.15, -0.1) is 0 Å². The molecule has 0 fully saturated rings. The van der Waals surface area contributed by atoms with Crippen LogP contribution in [-0.2, 0) is 11.3 Å². The highest BCUT2D eigenvalue weighted by Gasteiger charge is 2.31. The first-order chi connectivity index (χ1) is 16.0. The van der Waals surface area contributed by atoms with Crippen LogP contribution in [0.2, 0.25) is 0 Å². The van der Waals surface area contributed by atoms with E-state index in [4.69, 9.17) is 10.5 Å². The van der Waals surface area contributed by atoms with Gasteiger partial charge in [0.15, 0.2) is 0 Å². The molecule has 0 saturated heterocycles. The highest BCUT2D eigenvalue weighted by atomic mass is 19.1. The average Bonchev–Trinajstić information content (AvgIpc) is 2.80. The second-order valence-electron chi connectivity index (χ2n) is 7.97. The Balaban J connectivity index is 2.53. The van der Waals surface area contributed by atoms with Crippen molar-refractivity contribution in [2.75, 3.05) is 39.3 Å². The molecule has 1 amide bonds. The Bertz CT molecular complexity index is 1030. The number of primary amides is 1. The maximum Gasteiger partial charge on any atom is 0.335 e. The van der Waals surface area contributed by atoms with Crippen LogP contribution in [0.1, 0.15) is 15.9 Å². The molecule has 11 heteroatoms. The summed E-state index contributed by atoms with van der Waals surface area (Å²) in [5, 5.41) is 41.0. The number of anilines is 1. The number of aliphatic hydroxyl groups is 3. The van der Waals surface area contributed by atoms with Gasteiger partial charge in [0, 0.05) is 43.4 Å². The maximum atomic E-state index is 14.6. The van der Waals surface area contributed by atoms with Crippen LogP contribution in [0.4, 0.5) is 10.1 Å². The molecule has 7 N–H and O–H groups in total. The van der Waals surface area contributed by atoms with Crippen LogP contribution >= 0.6 is 0 Å². The number of benzene rings is 2. The smallest absolute Gasteiger partial charge is 0.335 e. The summed E-state index contributed by atoms with van der Waals surface area (Å²) in [6.07, 6.45) is -1.41. The largest absolute Gasteiger partial charge is 0.496 e. The zero-order chi connectivity index (χ0) is 25.6. The number of amides is 1. The van der Waals surface area contributed by atoms with E-state index in [-0.39, 0.29) is 29.0 Å². The fourth-order valence-electron chi connectivity index (χ4n) is 3.65. The van der Waals surface area contributed by atoms with Crippen molar-refractivity contribution in [1.29, 1.82) is 0 Å². The number of aliphatic hydroxyl groups excluding tert-OH is 3. The zero-order valence-electron chi connectivity index (χ0n) is 19.2. The molecule has 0 aromatic heterocycles. The van der Waals surface area contributed by atoms with Crippen LogP contribution in [0.5, 0.6) is 5.75 Å². The molecule has 0 aliphatic heterocycles. The van der Waals surface area contributed by atoms with Gasteiger partial charge in [-0.25, -0.2) is 9.18 Å². The molecule has 3 unspecified atom stereocenters. The number of nitrogens with one attached hydrogen (secondary N) is 1. The fraction of sp³-hybridized carbons (Fsp3) is 0.391. The van der Waals surface area contributed by atoms with Gasteiger partial charge in [-0.2, -0.15) is 0 Å². The van der Waals surface area contributed by atoms with Gasteiger partial charge in [-0.05, 0) is 35.9 Å². The van der Waals surface area contributed by atoms with Gasteiger partial charge in [0.05, 0.1) is 38.0 Å². The van der Waals surface area contributed by atoms with Crippen molar-refractivity contribution in [3.8, 4) is 16.9 Å². The number of halogens is 1. The maximum absolute atomic E-state index is 14.6. The van der Waals surface area contributed by atoms with E-state index in [1.165, 1.54) is 31.4 Å². The second-order valence-corrected chi connectivity index (χ2v) is 7.97. The average molecular weight is 480 g/mol. The van der Waals surface area contributed by atoms with Crippen molar-refractivity contribution in [2.24, 2.45) is 11.7 Å². The summed E-state index contributed by atoms with van der Waals surface area (Å²) in [6.45, 7) is -1.48. The number of nitrogens with two attached hydrogens (primary N) is 1. The number of ether oxygens (including phenoxy) is 1. The minimum absolute atomic E-state index is 0.00441. The van der Waals surface area contributed by atoms with Crippen LogP contribution in [-0.4, -0.2) is 78.9 Å². The predicted octanol–water partition coefficient (Wildman–Crippen LogP) is 0.171. The predicted molar refractivity (Wildman–Crippen MR) is 123 cm³/mol. The van der Waals surface area contributed by atoms with Crippen molar-refractivity contribution in [2.45, 2.75) is 18.7 Å². The molecule has 2 aromatic carbocycles. The Morgan fingerprint density at radius 1 is 1.15 bits per heavy atom. The van der Waals surface area contributed by atoms with E-state index in [1.807, 2.05) is 0 Å². The topological polar surface area (TPSA) is 166 Å². The molecule has 0 heterocycles. The Hall–Kier alpha value is -3.25. The standard InChI is InChI=1S/C23H30FN3O7/c1-27(2)16-6-12(4-13(7-16)23(32)33)17-8-15(24)5-14(21(17)34-3)9-26-20(22(25)31)18(10-28)19(30)11-29/h4-8,18-20,26,28-30H,9-11H2,1-3H3,(H2,25,31)(H,32,33). The number of carbonyl (C=O) groups is 2. The summed E-state index contributed by atoms with van der Waals surface area (Å²) in [4.78, 5) is 25.3. The van der Waals surface area contributed by atoms with E-state index in [0.717, 1.165) is 0 Å². The number of methoxy groups -OCH3 is 1. The highest BCUT2D eigenvalue weighted by molar-refractivity contribution is 5.92. The van der Waals surface area contributed by atoms with Crippen molar-refractivity contribution in [1.82, 2.24) is 5.32 Å². The molecule has 0 aliphatic rings. The zero-order valence-corrected chi connectivity index (χ0v) is 19.2. The van der Waals surface area contributed by atoms with Gasteiger partial charge in [-0.3, -0.25) is 4.79 Å². The minimum atomic E-state index is -1.41. The van der Waals surface area contributed by atoms with Gasteiger partial charge in [0.2, 0.25) is 5.91 Å². The van der Waals surface area contributed by atoms with Gasteiger partial charge in [0.1, 0.15) is 11.6 Å². The number of carboxylic acid groups (broad SMARTS) is 1. The molecule has 0 bridgehead atoms. The van der Waals surface area contributed by atoms with Gasteiger partial charge in [-0.1, -0.05) is 0 Å². The van der Waals surface area contributed by atoms with E-state index in [2.05, 4.69) is 5.32 Å². The molecule has 186 valence electrons. The number of rotatable bonds is 12. The quantitative estimate of drug-likeness (QED) is 0.249. The van der Waals surface area contributed by atoms with Crippen LogP contribution in [0.3, 0.4) is 0 Å². The molecule has 34 heavy (non-hydrogen) atoms. The Labute approximate surface area is 196 Å². The summed E-state index contributed by atoms with van der Waals surface area (Å²) >= 11 is 0. The summed E-state index contributed by atoms with van der Waals surface area (Å²) in [6, 6.07) is 5.72. The van der Waals surface area contributed by atoms with E-state index < -0.39 is 49.0 Å². The lowest BCUT2D eigenvalue weighted by Crippen LogP contribution is -2.52. The number of hydrogen-bond donors (Lipinski definition) is 6. The number of hydrogen-bond acceptors (Lipinski definition) is 8. The van der Waals surface area contributed by atoms with Crippen molar-refractivity contribution in [3.63, 3.8) is 0 Å². The molecule has 0 spiro atoms. The summed E-state index contributed by atoms with van der Waals surface area (Å²) in [7, 11) is 4.85. The normalized spacial score (nSPS) is 13.7. The Morgan fingerprint density at radius 3 is 2.32 bits per heavy atom. The van der Waals surface area contributed by atoms with Crippen LogP contribution < -0.4 is 20.7 Å². The van der Waals surface area contributed by atoms with Gasteiger partial charge in [0.25, 0.3) is 0 Å². The van der Waals surface area contributed by atoms with E-state index in [0.29, 0.717) is 11.3 Å². The molecular weight excluding hydrogens is 449 g/mol. The van der Waals surface area contributed by atoms with Gasteiger partial charge < -0.3 is 41.1 Å². The molecule has 2 aromatic rings. The monoisotopic (exact) mass is 479 g/mol. The molecule has 0 aliphatic carbocycles. The molecule has 0 radical (unpaired) electrons. The first-order valence-corrected chi connectivity index (χ1v) is 10.4. The summed E-state index contributed by atoms with van der Waals surface area (Å²) < 4.78 is 20.1. The lowest BCUT2D eigenvalue weighted by Gasteiger charge is -2.27. The lowest BCUT2D eigenvalue weighted by atomic mass is 9.93. The summed E-state index contributed by atoms with van der Waals surface area (Å²) in [5.74, 6) is -3.54. The molecule has 0 saturated carbocycles. The van der Waals surface area contributed by atoms with Crippen molar-refractivity contribution in [3.05, 3.63) is 47.3 Å². The fourth-order valence-corrected chi connectivity index (χ4v) is 3.65. The van der Waals surface area contributed by atoms with Crippen molar-refractivity contribution < 1.29 is 39.1 Å².